The Labute approximate surface area is 578 Å². The van der Waals surface area contributed by atoms with Gasteiger partial charge in [0.1, 0.15) is 0 Å². The zero-order valence-corrected chi connectivity index (χ0v) is 60.5. The first kappa shape index (κ1) is 92.2. The molecular weight excluding hydrogens is 1390 g/mol. The van der Waals surface area contributed by atoms with Gasteiger partial charge in [0.25, 0.3) is 60.7 Å². The van der Waals surface area contributed by atoms with Gasteiger partial charge >= 0.3 is 10.6 Å². The fourth-order valence-corrected chi connectivity index (χ4v) is 12.2. The van der Waals surface area contributed by atoms with E-state index in [4.69, 9.17) is 39.9 Å². The molecule has 0 saturated heterocycles. The number of aryl methyl sites for hydroxylation is 11. The van der Waals surface area contributed by atoms with Crippen molar-refractivity contribution >= 4 is 82.1 Å². The molecule has 8 aromatic rings. The summed E-state index contributed by atoms with van der Waals surface area (Å²) in [5.41, 5.74) is 12.2. The highest BCUT2D eigenvalue weighted by Gasteiger charge is 2.20. The Kier molecular flexibility index (Phi) is 41.3. The smallest absolute Gasteiger partial charge is 0.282 e. The summed E-state index contributed by atoms with van der Waals surface area (Å²) in [5.74, 6) is 0. The third kappa shape index (κ3) is 34.9. The average molecular weight is 1480 g/mol. The maximum absolute atomic E-state index is 11.1. The monoisotopic (exact) mass is 1480 g/mol. The SMILES string of the molecule is C.C.CCCc1ccc(S(=O)(=O)O)cc1.CCCc1ccc(S(=O)(=O)O)cc1S(=O)(=O)O.CCCc1ccccc1C.CCc1ccc(S(=O)(=O)O)cc1.CCc1ccc(S(=O)(=O)O)cc1C.CCc1ccc2cc(S(=O)(=O)O)cc(C)c2c1.CCc1ccccc1C.O=S(=O)=O. The minimum absolute atomic E-state index is 0. The molecule has 0 aliphatic heterocycles. The minimum atomic E-state index is -4.51. The number of rotatable bonds is 16. The summed E-state index contributed by atoms with van der Waals surface area (Å²) in [4.78, 5) is -1.25. The largest absolute Gasteiger partial charge is 0.425 e. The van der Waals surface area contributed by atoms with E-state index in [1.54, 1.807) is 30.3 Å². The molecule has 0 aliphatic rings. The lowest BCUT2D eigenvalue weighted by Crippen LogP contribution is -2.06. The molecule has 8 aromatic carbocycles. The van der Waals surface area contributed by atoms with Crippen molar-refractivity contribution in [1.82, 2.24) is 0 Å². The second kappa shape index (κ2) is 43.5. The summed E-state index contributed by atoms with van der Waals surface area (Å²) < 4.78 is 208. The molecule has 0 unspecified atom stereocenters. The fraction of sp³-hybridized carbons (Fsp3) is 0.333. The topological polar surface area (TPSA) is 377 Å². The molecule has 0 saturated carbocycles. The van der Waals surface area contributed by atoms with E-state index in [1.807, 2.05) is 46.8 Å². The van der Waals surface area contributed by atoms with Crippen LogP contribution in [0, 0.1) is 27.7 Å². The van der Waals surface area contributed by atoms with Crippen molar-refractivity contribution in [3.8, 4) is 0 Å². The molecular formula is C69H94O21S7. The predicted octanol–water partition coefficient (Wildman–Crippen LogP) is 15.0. The first-order chi connectivity index (χ1) is 44.0. The Hall–Kier alpha value is -6.90. The van der Waals surface area contributed by atoms with E-state index in [9.17, 15) is 50.5 Å². The van der Waals surface area contributed by atoms with Crippen LogP contribution in [0.4, 0.5) is 0 Å². The lowest BCUT2D eigenvalue weighted by atomic mass is 10.0. The van der Waals surface area contributed by atoms with Gasteiger partial charge in [0.15, 0.2) is 0 Å². The maximum Gasteiger partial charge on any atom is 0.425 e. The molecule has 21 nitrogen and oxygen atoms in total. The molecule has 0 fully saturated rings. The average Bonchev–Trinajstić information content (AvgIpc) is 0.823. The van der Waals surface area contributed by atoms with Crippen LogP contribution in [-0.4, -0.2) is 90.4 Å². The van der Waals surface area contributed by atoms with E-state index in [0.29, 0.717) is 18.4 Å². The summed E-state index contributed by atoms with van der Waals surface area (Å²) in [7, 11) is -28.4. The molecule has 0 spiro atoms. The van der Waals surface area contributed by atoms with Crippen LogP contribution < -0.4 is 0 Å². The van der Waals surface area contributed by atoms with Crippen molar-refractivity contribution in [3.05, 3.63) is 225 Å². The van der Waals surface area contributed by atoms with Crippen LogP contribution in [0.5, 0.6) is 0 Å². The number of benzene rings is 8. The van der Waals surface area contributed by atoms with E-state index in [1.165, 1.54) is 95.3 Å². The van der Waals surface area contributed by atoms with Crippen LogP contribution in [0.1, 0.15) is 144 Å². The molecule has 0 heterocycles. The van der Waals surface area contributed by atoms with Crippen molar-refractivity contribution in [2.45, 2.75) is 185 Å². The van der Waals surface area contributed by atoms with Crippen LogP contribution in [0.15, 0.2) is 193 Å². The van der Waals surface area contributed by atoms with E-state index < -0.39 is 81.1 Å². The van der Waals surface area contributed by atoms with Crippen LogP contribution in [0.25, 0.3) is 10.8 Å². The van der Waals surface area contributed by atoms with Crippen molar-refractivity contribution in [1.29, 1.82) is 0 Å². The Morgan fingerprint density at radius 1 is 0.299 bits per heavy atom. The molecule has 0 atom stereocenters. The van der Waals surface area contributed by atoms with Crippen molar-refractivity contribution < 1.29 is 90.4 Å². The summed E-state index contributed by atoms with van der Waals surface area (Å²) in [6, 6.07) is 46.1. The first-order valence-electron chi connectivity index (χ1n) is 29.7. The second-order valence-corrected chi connectivity index (χ2v) is 29.9. The highest BCUT2D eigenvalue weighted by Crippen LogP contribution is 2.26. The first-order valence-corrected chi connectivity index (χ1v) is 39.3. The Morgan fingerprint density at radius 3 is 1.00 bits per heavy atom. The predicted molar refractivity (Wildman–Crippen MR) is 383 cm³/mol. The normalized spacial score (nSPS) is 11.0. The van der Waals surface area contributed by atoms with Gasteiger partial charge in [0.2, 0.25) is 0 Å². The molecule has 6 N–H and O–H groups in total. The van der Waals surface area contributed by atoms with Crippen LogP contribution in [-0.2, 0) is 116 Å². The molecule has 0 aliphatic carbocycles. The van der Waals surface area contributed by atoms with Gasteiger partial charge in [-0.05, 0) is 205 Å². The van der Waals surface area contributed by atoms with Gasteiger partial charge in [-0.15, -0.1) is 12.6 Å². The molecule has 0 aromatic heterocycles. The Morgan fingerprint density at radius 2 is 0.639 bits per heavy atom. The van der Waals surface area contributed by atoms with E-state index in [-0.39, 0.29) is 34.4 Å². The summed E-state index contributed by atoms with van der Waals surface area (Å²) in [6.45, 7) is 22.3. The molecule has 8 rings (SSSR count). The van der Waals surface area contributed by atoms with Crippen molar-refractivity contribution in [2.24, 2.45) is 0 Å². The molecule has 97 heavy (non-hydrogen) atoms. The standard InChI is InChI=1S/C13H14O3S.C10H14.C9H12O6S2.2C9H12O3S.C9H12.C8H10O3S.2CH4.O3S/c1-3-10-4-5-11-8-12(17(14,15)16)6-9(2)13(11)7-10;1-3-6-10-8-5-4-7-9(10)2;1-2-3-7-4-5-8(16(10,11)12)6-9(7)17(13,14)15;1-3-8-4-5-9(6-7(8)2)13(10,11)12;1-2-3-8-4-6-9(7-5-8)13(10,11)12;1-3-9-7-5-4-6-8(9)2;1-2-7-3-5-8(6-4-7)12(9,10)11;;;1-4(2)3/h4-8H,3H2,1-2H3,(H,14,15,16);4-5,7-8H,3,6H2,1-2H3;4-6H,2-3H2,1H3,(H,10,11,12)(H,13,14,15);4-6H,3H2,1-2H3,(H,10,11,12);4-7H,2-3H2,1H3,(H,10,11,12);4-7H,3H2,1-2H3;3-6H,2H2,1H3,(H,9,10,11);2*1H4;. The highest BCUT2D eigenvalue weighted by molar-refractivity contribution is 7.87. The zero-order chi connectivity index (χ0) is 72.7. The van der Waals surface area contributed by atoms with Gasteiger partial charge in [-0.1, -0.05) is 186 Å². The number of hydrogen-bond donors (Lipinski definition) is 6. The van der Waals surface area contributed by atoms with Crippen molar-refractivity contribution in [3.63, 3.8) is 0 Å². The van der Waals surface area contributed by atoms with E-state index >= 15 is 0 Å². The van der Waals surface area contributed by atoms with E-state index in [0.717, 1.165) is 89.2 Å². The third-order valence-electron chi connectivity index (χ3n) is 13.8. The molecule has 28 heteroatoms. The van der Waals surface area contributed by atoms with Gasteiger partial charge in [-0.3, -0.25) is 27.3 Å². The van der Waals surface area contributed by atoms with E-state index in [2.05, 4.69) is 96.1 Å². The zero-order valence-electron chi connectivity index (χ0n) is 54.8. The number of fused-ring (bicyclic) bond motifs is 1. The van der Waals surface area contributed by atoms with Crippen LogP contribution in [0.2, 0.25) is 0 Å². The quantitative estimate of drug-likeness (QED) is 0.0489. The van der Waals surface area contributed by atoms with Gasteiger partial charge < -0.3 is 0 Å². The number of hydrogen-bond acceptors (Lipinski definition) is 15. The van der Waals surface area contributed by atoms with Gasteiger partial charge in [0, 0.05) is 0 Å². The second-order valence-electron chi connectivity index (χ2n) is 21.0. The molecule has 0 radical (unpaired) electrons. The van der Waals surface area contributed by atoms with Gasteiger partial charge in [0.05, 0.1) is 29.4 Å². The van der Waals surface area contributed by atoms with Crippen LogP contribution in [0.3, 0.4) is 0 Å². The molecule has 538 valence electrons. The molecule has 0 amide bonds. The third-order valence-corrected chi connectivity index (χ3v) is 19.0. The summed E-state index contributed by atoms with van der Waals surface area (Å²) >= 11 is 0. The summed E-state index contributed by atoms with van der Waals surface area (Å²) in [6.07, 6.45) is 9.20. The van der Waals surface area contributed by atoms with Gasteiger partial charge in [-0.2, -0.15) is 50.5 Å². The summed E-state index contributed by atoms with van der Waals surface area (Å²) in [5, 5.41) is 1.85. The lowest BCUT2D eigenvalue weighted by Gasteiger charge is -2.07. The Bertz CT molecular complexity index is 4590. The Balaban J connectivity index is 0. The highest BCUT2D eigenvalue weighted by atomic mass is 32.2. The van der Waals surface area contributed by atoms with Crippen molar-refractivity contribution in [2.75, 3.05) is 0 Å². The minimum Gasteiger partial charge on any atom is -0.282 e. The maximum atomic E-state index is 11.1. The lowest BCUT2D eigenvalue weighted by molar-refractivity contribution is 0.477. The van der Waals surface area contributed by atoms with Gasteiger partial charge in [-0.25, -0.2) is 0 Å². The fourth-order valence-electron chi connectivity index (χ4n) is 8.74. The molecule has 0 bridgehead atoms. The van der Waals surface area contributed by atoms with Crippen LogP contribution >= 0.6 is 0 Å².